The molecule has 0 saturated heterocycles. The van der Waals surface area contributed by atoms with Crippen LogP contribution in [0, 0.1) is 22.7 Å². The Morgan fingerprint density at radius 1 is 1.18 bits per heavy atom. The Bertz CT molecular complexity index is 654. The van der Waals surface area contributed by atoms with Gasteiger partial charge in [0.1, 0.15) is 11.9 Å². The molecule has 4 aliphatic carbocycles. The highest BCUT2D eigenvalue weighted by Gasteiger charge is 2.55. The standard InChI is InChI=1S/C19H24O3/c1-18-8-3-4-13(18)12-6-5-11-10-15(20)16(21)17(22)19(11,2)14(12)7-9-18/h3-6,13-15,20-22H,7-10H2,1-2H3/t13-,14-,15?,18-,19-/m0/s1. The smallest absolute Gasteiger partial charge is 0.160 e. The number of hydrogen-bond donors (Lipinski definition) is 3. The lowest BCUT2D eigenvalue weighted by molar-refractivity contribution is 0.0613. The number of hydrogen-bond acceptors (Lipinski definition) is 3. The van der Waals surface area contributed by atoms with Crippen molar-refractivity contribution in [2.75, 3.05) is 0 Å². The van der Waals surface area contributed by atoms with E-state index in [-0.39, 0.29) is 17.4 Å². The second kappa shape index (κ2) is 4.29. The molecule has 3 heteroatoms. The molecule has 0 aromatic carbocycles. The maximum absolute atomic E-state index is 10.6. The molecule has 1 saturated carbocycles. The van der Waals surface area contributed by atoms with E-state index >= 15 is 0 Å². The van der Waals surface area contributed by atoms with Crippen LogP contribution in [0.5, 0.6) is 0 Å². The first-order valence-electron chi connectivity index (χ1n) is 8.26. The molecule has 1 fully saturated rings. The quantitative estimate of drug-likeness (QED) is 0.594. The van der Waals surface area contributed by atoms with Crippen LogP contribution in [0.15, 0.2) is 47.0 Å². The summed E-state index contributed by atoms with van der Waals surface area (Å²) in [6.07, 6.45) is 11.6. The topological polar surface area (TPSA) is 60.7 Å². The van der Waals surface area contributed by atoms with Gasteiger partial charge in [-0.05, 0) is 37.5 Å². The highest BCUT2D eigenvalue weighted by molar-refractivity contribution is 5.46. The second-order valence-electron chi connectivity index (χ2n) is 7.87. The van der Waals surface area contributed by atoms with Crippen LogP contribution in [0.25, 0.3) is 0 Å². The molecule has 0 aromatic heterocycles. The number of fused-ring (bicyclic) bond motifs is 5. The van der Waals surface area contributed by atoms with E-state index in [1.165, 1.54) is 5.57 Å². The van der Waals surface area contributed by atoms with Gasteiger partial charge in [0, 0.05) is 12.3 Å². The van der Waals surface area contributed by atoms with Crippen LogP contribution in [0.4, 0.5) is 0 Å². The van der Waals surface area contributed by atoms with Gasteiger partial charge in [-0.25, -0.2) is 0 Å². The lowest BCUT2D eigenvalue weighted by Crippen LogP contribution is -2.46. The molecular weight excluding hydrogens is 276 g/mol. The molecule has 0 bridgehead atoms. The predicted molar refractivity (Wildman–Crippen MR) is 85.3 cm³/mol. The minimum absolute atomic E-state index is 0.0290. The molecule has 118 valence electrons. The van der Waals surface area contributed by atoms with Gasteiger partial charge in [-0.2, -0.15) is 0 Å². The third-order valence-corrected chi connectivity index (χ3v) is 6.73. The molecule has 0 aromatic rings. The lowest BCUT2D eigenvalue weighted by Gasteiger charge is -2.52. The van der Waals surface area contributed by atoms with Crippen molar-refractivity contribution in [3.8, 4) is 0 Å². The number of rotatable bonds is 0. The van der Waals surface area contributed by atoms with Gasteiger partial charge >= 0.3 is 0 Å². The molecule has 4 aliphatic rings. The Labute approximate surface area is 131 Å². The van der Waals surface area contributed by atoms with Gasteiger partial charge in [0.05, 0.1) is 5.41 Å². The van der Waals surface area contributed by atoms with Crippen LogP contribution < -0.4 is 0 Å². The summed E-state index contributed by atoms with van der Waals surface area (Å²) in [4.78, 5) is 0. The lowest BCUT2D eigenvalue weighted by atomic mass is 9.52. The van der Waals surface area contributed by atoms with Crippen molar-refractivity contribution < 1.29 is 15.3 Å². The Balaban J connectivity index is 1.85. The van der Waals surface area contributed by atoms with E-state index in [0.29, 0.717) is 17.8 Å². The molecule has 0 spiro atoms. The molecular formula is C19H24O3. The monoisotopic (exact) mass is 300 g/mol. The second-order valence-corrected chi connectivity index (χ2v) is 7.87. The first kappa shape index (κ1) is 14.1. The molecule has 0 radical (unpaired) electrons. The summed E-state index contributed by atoms with van der Waals surface area (Å²) < 4.78 is 0. The highest BCUT2D eigenvalue weighted by Crippen LogP contribution is 2.62. The molecule has 0 aliphatic heterocycles. The fourth-order valence-corrected chi connectivity index (χ4v) is 5.22. The van der Waals surface area contributed by atoms with Gasteiger partial charge in [-0.15, -0.1) is 0 Å². The Hall–Kier alpha value is -1.48. The zero-order chi connectivity index (χ0) is 15.7. The van der Waals surface area contributed by atoms with Gasteiger partial charge in [0.25, 0.3) is 0 Å². The maximum atomic E-state index is 10.6. The van der Waals surface area contributed by atoms with Crippen molar-refractivity contribution in [1.82, 2.24) is 0 Å². The summed E-state index contributed by atoms with van der Waals surface area (Å²) in [6.45, 7) is 4.38. The number of aliphatic hydroxyl groups is 3. The van der Waals surface area contributed by atoms with Crippen molar-refractivity contribution in [2.45, 2.75) is 45.6 Å². The summed E-state index contributed by atoms with van der Waals surface area (Å²) in [5.74, 6) is 0.375. The summed E-state index contributed by atoms with van der Waals surface area (Å²) in [5.41, 5.74) is 2.16. The van der Waals surface area contributed by atoms with Crippen LogP contribution >= 0.6 is 0 Å². The molecule has 22 heavy (non-hydrogen) atoms. The van der Waals surface area contributed by atoms with Crippen molar-refractivity contribution >= 4 is 0 Å². The van der Waals surface area contributed by atoms with Crippen LogP contribution in [-0.2, 0) is 0 Å². The van der Waals surface area contributed by atoms with Crippen LogP contribution in [0.3, 0.4) is 0 Å². The number of aliphatic hydroxyl groups excluding tert-OH is 3. The van der Waals surface area contributed by atoms with E-state index in [1.807, 2.05) is 6.92 Å². The fraction of sp³-hybridized carbons (Fsp3) is 0.579. The van der Waals surface area contributed by atoms with Crippen LogP contribution in [0.2, 0.25) is 0 Å². The van der Waals surface area contributed by atoms with Gasteiger partial charge in [0.2, 0.25) is 0 Å². The minimum Gasteiger partial charge on any atom is -0.508 e. The molecule has 3 N–H and O–H groups in total. The SMILES string of the molecule is C[C@@]12CC=C[C@H]1C1=CC=C3CC(O)C(O)=C(O)[C@]3(C)[C@H]1CC2. The van der Waals surface area contributed by atoms with E-state index in [4.69, 9.17) is 0 Å². The predicted octanol–water partition coefficient (Wildman–Crippen LogP) is 3.94. The first-order valence-corrected chi connectivity index (χ1v) is 8.26. The zero-order valence-corrected chi connectivity index (χ0v) is 13.2. The Morgan fingerprint density at radius 2 is 1.95 bits per heavy atom. The molecule has 3 nitrogen and oxygen atoms in total. The average Bonchev–Trinajstić information content (AvgIpc) is 2.89. The average molecular weight is 300 g/mol. The number of allylic oxidation sites excluding steroid dienone is 6. The molecule has 0 amide bonds. The highest BCUT2D eigenvalue weighted by atomic mass is 16.3. The largest absolute Gasteiger partial charge is 0.508 e. The molecule has 1 unspecified atom stereocenters. The summed E-state index contributed by atoms with van der Waals surface area (Å²) in [6, 6.07) is 0. The third kappa shape index (κ3) is 1.55. The van der Waals surface area contributed by atoms with E-state index in [9.17, 15) is 15.3 Å². The van der Waals surface area contributed by atoms with Gasteiger partial charge < -0.3 is 15.3 Å². The molecule has 5 atom stereocenters. The van der Waals surface area contributed by atoms with E-state index in [0.717, 1.165) is 24.8 Å². The summed E-state index contributed by atoms with van der Waals surface area (Å²) in [7, 11) is 0. The van der Waals surface area contributed by atoms with Crippen LogP contribution in [0.1, 0.15) is 39.5 Å². The Kier molecular flexibility index (Phi) is 2.75. The van der Waals surface area contributed by atoms with Gasteiger partial charge in [0.15, 0.2) is 5.76 Å². The van der Waals surface area contributed by atoms with Crippen molar-refractivity contribution in [2.24, 2.45) is 22.7 Å². The van der Waals surface area contributed by atoms with Crippen molar-refractivity contribution in [1.29, 1.82) is 0 Å². The van der Waals surface area contributed by atoms with Crippen molar-refractivity contribution in [3.05, 3.63) is 47.0 Å². The van der Waals surface area contributed by atoms with Gasteiger partial charge in [-0.1, -0.05) is 42.4 Å². The summed E-state index contributed by atoms with van der Waals surface area (Å²) in [5, 5.41) is 30.7. The first-order chi connectivity index (χ1) is 10.4. The zero-order valence-electron chi connectivity index (χ0n) is 13.2. The van der Waals surface area contributed by atoms with Crippen LogP contribution in [-0.4, -0.2) is 21.4 Å². The van der Waals surface area contributed by atoms with E-state index in [2.05, 4.69) is 31.2 Å². The molecule has 4 rings (SSSR count). The van der Waals surface area contributed by atoms with E-state index in [1.54, 1.807) is 0 Å². The van der Waals surface area contributed by atoms with E-state index < -0.39 is 11.5 Å². The Morgan fingerprint density at radius 3 is 2.73 bits per heavy atom. The minimum atomic E-state index is -0.977. The molecule has 0 heterocycles. The summed E-state index contributed by atoms with van der Waals surface area (Å²) >= 11 is 0. The van der Waals surface area contributed by atoms with Gasteiger partial charge in [-0.3, -0.25) is 0 Å². The normalized spacial score (nSPS) is 46.6. The maximum Gasteiger partial charge on any atom is 0.160 e. The van der Waals surface area contributed by atoms with Crippen molar-refractivity contribution in [3.63, 3.8) is 0 Å². The fourth-order valence-electron chi connectivity index (χ4n) is 5.22. The third-order valence-electron chi connectivity index (χ3n) is 6.73.